The van der Waals surface area contributed by atoms with E-state index in [2.05, 4.69) is 217 Å². The maximum atomic E-state index is 2.39. The van der Waals surface area contributed by atoms with Gasteiger partial charge in [-0.15, -0.1) is 0 Å². The Bertz CT molecular complexity index is 2620. The van der Waals surface area contributed by atoms with E-state index in [0.29, 0.717) is 0 Å². The van der Waals surface area contributed by atoms with Crippen LogP contribution in [-0.2, 0) is 0 Å². The molecule has 0 aliphatic rings. The van der Waals surface area contributed by atoms with Crippen molar-refractivity contribution in [3.63, 3.8) is 0 Å². The first-order valence-electron chi connectivity index (χ1n) is 17.5. The summed E-state index contributed by atoms with van der Waals surface area (Å²) in [6.45, 7) is 0. The second-order valence-corrected chi connectivity index (χ2v) is 12.9. The Balaban J connectivity index is 1.17. The van der Waals surface area contributed by atoms with Gasteiger partial charge in [0.2, 0.25) is 0 Å². The zero-order chi connectivity index (χ0) is 34.0. The quantitative estimate of drug-likeness (QED) is 0.155. The van der Waals surface area contributed by atoms with Crippen molar-refractivity contribution in [2.24, 2.45) is 0 Å². The molecule has 0 fully saturated rings. The van der Waals surface area contributed by atoms with Crippen molar-refractivity contribution in [2.75, 3.05) is 4.90 Å². The average molecular weight is 650 g/mol. The fraction of sp³-hybridized carbons (Fsp3) is 0. The van der Waals surface area contributed by atoms with Gasteiger partial charge >= 0.3 is 0 Å². The molecule has 9 rings (SSSR count). The highest BCUT2D eigenvalue weighted by Crippen LogP contribution is 2.44. The minimum atomic E-state index is 1.11. The lowest BCUT2D eigenvalue weighted by Gasteiger charge is -2.28. The molecule has 0 amide bonds. The second-order valence-electron chi connectivity index (χ2n) is 12.9. The van der Waals surface area contributed by atoms with Gasteiger partial charge < -0.3 is 4.90 Å². The normalized spacial score (nSPS) is 11.1. The van der Waals surface area contributed by atoms with Gasteiger partial charge in [-0.2, -0.15) is 0 Å². The molecule has 0 aromatic heterocycles. The third-order valence-electron chi connectivity index (χ3n) is 9.88. The van der Waals surface area contributed by atoms with Crippen molar-refractivity contribution in [2.45, 2.75) is 0 Å². The summed E-state index contributed by atoms with van der Waals surface area (Å²) in [6, 6.07) is 76.5. The molecule has 0 radical (unpaired) electrons. The first-order valence-corrected chi connectivity index (χ1v) is 17.5. The number of nitrogens with zero attached hydrogens (tertiary/aromatic N) is 1. The first kappa shape index (κ1) is 30.4. The van der Waals surface area contributed by atoms with Crippen LogP contribution < -0.4 is 4.90 Å². The predicted molar refractivity (Wildman–Crippen MR) is 218 cm³/mol. The van der Waals surface area contributed by atoms with Crippen molar-refractivity contribution in [3.8, 4) is 44.5 Å². The smallest absolute Gasteiger partial charge is 0.0546 e. The number of hydrogen-bond acceptors (Lipinski definition) is 1. The second kappa shape index (κ2) is 13.3. The van der Waals surface area contributed by atoms with Gasteiger partial charge in [-0.25, -0.2) is 0 Å². The molecule has 0 spiro atoms. The van der Waals surface area contributed by atoms with Gasteiger partial charge in [-0.3, -0.25) is 0 Å². The largest absolute Gasteiger partial charge is 0.310 e. The Hall–Kier alpha value is -6.70. The maximum Gasteiger partial charge on any atom is 0.0546 e. The van der Waals surface area contributed by atoms with Gasteiger partial charge in [-0.05, 0) is 91.0 Å². The maximum absolute atomic E-state index is 2.39. The van der Waals surface area contributed by atoms with Crippen LogP contribution in [0.2, 0.25) is 0 Å². The van der Waals surface area contributed by atoms with Crippen molar-refractivity contribution < 1.29 is 0 Å². The summed E-state index contributed by atoms with van der Waals surface area (Å²) in [5, 5.41) is 4.97. The number of para-hydroxylation sites is 1. The molecule has 0 bridgehead atoms. The lowest BCUT2D eigenvalue weighted by Crippen LogP contribution is -2.10. The molecule has 0 atom stereocenters. The van der Waals surface area contributed by atoms with E-state index in [9.17, 15) is 0 Å². The third-order valence-corrected chi connectivity index (χ3v) is 9.88. The summed E-state index contributed by atoms with van der Waals surface area (Å²) in [5.41, 5.74) is 13.1. The molecule has 0 saturated carbocycles. The minimum absolute atomic E-state index is 1.11. The van der Waals surface area contributed by atoms with E-state index in [0.717, 1.165) is 17.1 Å². The van der Waals surface area contributed by atoms with Gasteiger partial charge in [0, 0.05) is 16.8 Å². The lowest BCUT2D eigenvalue weighted by molar-refractivity contribution is 1.30. The molecular weight excluding hydrogens is 615 g/mol. The fourth-order valence-electron chi connectivity index (χ4n) is 7.52. The van der Waals surface area contributed by atoms with Crippen LogP contribution in [0.5, 0.6) is 0 Å². The van der Waals surface area contributed by atoms with Gasteiger partial charge in [0.05, 0.1) is 5.69 Å². The summed E-state index contributed by atoms with van der Waals surface area (Å²) in [7, 11) is 0. The number of fused-ring (bicyclic) bond motifs is 3. The molecule has 0 aliphatic carbocycles. The van der Waals surface area contributed by atoms with Crippen molar-refractivity contribution >= 4 is 38.6 Å². The molecule has 1 nitrogen and oxygen atoms in total. The topological polar surface area (TPSA) is 3.24 Å². The highest BCUT2D eigenvalue weighted by Gasteiger charge is 2.19. The summed E-state index contributed by atoms with van der Waals surface area (Å²) < 4.78 is 0. The van der Waals surface area contributed by atoms with E-state index >= 15 is 0 Å². The standard InChI is InChI=1S/C50H35N/c1-3-17-36(18-4-1)41-22-9-11-25-44(41)47-28-13-14-29-48(47)45-26-12-10-23-42(45)37-31-33-40(34-32-37)51(39-20-5-2-6-21-39)50-35-38-19-7-8-24-43(38)46-27-15-16-30-49(46)50/h1-35H. The molecule has 0 aliphatic heterocycles. The van der Waals surface area contributed by atoms with Crippen LogP contribution in [0.1, 0.15) is 0 Å². The van der Waals surface area contributed by atoms with E-state index in [4.69, 9.17) is 0 Å². The van der Waals surface area contributed by atoms with Gasteiger partial charge in [-0.1, -0.05) is 182 Å². The monoisotopic (exact) mass is 649 g/mol. The van der Waals surface area contributed by atoms with E-state index < -0.39 is 0 Å². The van der Waals surface area contributed by atoms with Crippen LogP contribution in [0, 0.1) is 0 Å². The minimum Gasteiger partial charge on any atom is -0.310 e. The predicted octanol–water partition coefficient (Wildman–Crippen LogP) is 14.1. The van der Waals surface area contributed by atoms with E-state index in [-0.39, 0.29) is 0 Å². The first-order chi connectivity index (χ1) is 25.3. The Morgan fingerprint density at radius 1 is 0.255 bits per heavy atom. The third kappa shape index (κ3) is 5.65. The van der Waals surface area contributed by atoms with Crippen LogP contribution in [0.25, 0.3) is 66.1 Å². The molecule has 0 saturated heterocycles. The SMILES string of the molecule is c1ccc(-c2ccccc2-c2ccccc2-c2ccccc2-c2ccc(N(c3ccccc3)c3cc4ccccc4c4ccccc34)cc2)cc1. The molecule has 0 unspecified atom stereocenters. The van der Waals surface area contributed by atoms with Crippen LogP contribution >= 0.6 is 0 Å². The highest BCUT2D eigenvalue weighted by atomic mass is 15.1. The van der Waals surface area contributed by atoms with Crippen molar-refractivity contribution in [1.82, 2.24) is 0 Å². The summed E-state index contributed by atoms with van der Waals surface area (Å²) in [5.74, 6) is 0. The van der Waals surface area contributed by atoms with Crippen LogP contribution in [0.15, 0.2) is 212 Å². The lowest BCUT2D eigenvalue weighted by atomic mass is 9.87. The molecule has 240 valence electrons. The number of rotatable bonds is 7. The molecule has 1 heteroatoms. The zero-order valence-corrected chi connectivity index (χ0v) is 28.2. The van der Waals surface area contributed by atoms with Gasteiger partial charge in [0.1, 0.15) is 0 Å². The molecule has 0 N–H and O–H groups in total. The van der Waals surface area contributed by atoms with E-state index in [1.165, 1.54) is 66.1 Å². The number of hydrogen-bond donors (Lipinski definition) is 0. The molecular formula is C50H35N. The highest BCUT2D eigenvalue weighted by molar-refractivity contribution is 6.14. The van der Waals surface area contributed by atoms with Gasteiger partial charge in [0.25, 0.3) is 0 Å². The summed E-state index contributed by atoms with van der Waals surface area (Å²) in [6.07, 6.45) is 0. The van der Waals surface area contributed by atoms with Gasteiger partial charge in [0.15, 0.2) is 0 Å². The Morgan fingerprint density at radius 2 is 0.647 bits per heavy atom. The summed E-state index contributed by atoms with van der Waals surface area (Å²) in [4.78, 5) is 2.39. The molecule has 0 heterocycles. The Labute approximate surface area is 299 Å². The molecule has 51 heavy (non-hydrogen) atoms. The van der Waals surface area contributed by atoms with E-state index in [1.807, 2.05) is 0 Å². The van der Waals surface area contributed by atoms with E-state index in [1.54, 1.807) is 0 Å². The number of anilines is 3. The van der Waals surface area contributed by atoms with Crippen LogP contribution in [0.4, 0.5) is 17.1 Å². The molecule has 9 aromatic rings. The Morgan fingerprint density at radius 3 is 1.24 bits per heavy atom. The fourth-order valence-corrected chi connectivity index (χ4v) is 7.52. The van der Waals surface area contributed by atoms with Crippen LogP contribution in [0.3, 0.4) is 0 Å². The number of benzene rings is 9. The Kier molecular flexibility index (Phi) is 7.92. The molecule has 9 aromatic carbocycles. The summed E-state index contributed by atoms with van der Waals surface area (Å²) >= 11 is 0. The van der Waals surface area contributed by atoms with Crippen molar-refractivity contribution in [3.05, 3.63) is 212 Å². The zero-order valence-electron chi connectivity index (χ0n) is 28.2. The van der Waals surface area contributed by atoms with Crippen molar-refractivity contribution in [1.29, 1.82) is 0 Å². The average Bonchev–Trinajstić information content (AvgIpc) is 3.22. The van der Waals surface area contributed by atoms with Crippen LogP contribution in [-0.4, -0.2) is 0 Å².